The van der Waals surface area contributed by atoms with Crippen molar-refractivity contribution < 1.29 is 0 Å². The van der Waals surface area contributed by atoms with Crippen LogP contribution in [0.4, 0.5) is 0 Å². The summed E-state index contributed by atoms with van der Waals surface area (Å²) in [6.45, 7) is 2.01. The molecular weight excluding hydrogens is 264 g/mol. The Labute approximate surface area is 116 Å². The van der Waals surface area contributed by atoms with Crippen LogP contribution in [0.15, 0.2) is 52.3 Å². The molecule has 0 fully saturated rings. The Bertz CT molecular complexity index is 596. The molecule has 92 valence electrons. The van der Waals surface area contributed by atoms with E-state index in [2.05, 4.69) is 0 Å². The second-order valence-electron chi connectivity index (χ2n) is 3.90. The molecule has 2 aromatic rings. The zero-order valence-corrected chi connectivity index (χ0v) is 11.5. The van der Waals surface area contributed by atoms with Crippen molar-refractivity contribution in [3.05, 3.63) is 58.6 Å². The zero-order chi connectivity index (χ0) is 13.1. The third-order valence-electron chi connectivity index (χ3n) is 2.55. The molecule has 2 nitrogen and oxygen atoms in total. The van der Waals surface area contributed by atoms with Gasteiger partial charge in [-0.15, -0.1) is 0 Å². The number of halogens is 1. The molecule has 2 rings (SSSR count). The molecule has 4 heteroatoms. The van der Waals surface area contributed by atoms with Gasteiger partial charge in [0.15, 0.2) is 0 Å². The molecule has 0 bridgehead atoms. The summed E-state index contributed by atoms with van der Waals surface area (Å²) in [7, 11) is 0. The SMILES string of the molecule is Cc1cccc(C(=N)N)c1Sc1ccccc1Cl. The van der Waals surface area contributed by atoms with E-state index in [4.69, 9.17) is 22.7 Å². The first kappa shape index (κ1) is 13.0. The summed E-state index contributed by atoms with van der Waals surface area (Å²) < 4.78 is 0. The van der Waals surface area contributed by atoms with E-state index in [-0.39, 0.29) is 5.84 Å². The molecule has 0 saturated carbocycles. The van der Waals surface area contributed by atoms with Crippen LogP contribution in [0, 0.1) is 12.3 Å². The molecule has 0 aliphatic rings. The molecule has 0 atom stereocenters. The van der Waals surface area contributed by atoms with Crippen molar-refractivity contribution in [1.82, 2.24) is 0 Å². The van der Waals surface area contributed by atoms with Gasteiger partial charge < -0.3 is 5.73 Å². The highest BCUT2D eigenvalue weighted by Gasteiger charge is 2.11. The average Bonchev–Trinajstić information content (AvgIpc) is 2.34. The molecule has 0 aliphatic heterocycles. The van der Waals surface area contributed by atoms with E-state index in [1.165, 1.54) is 0 Å². The van der Waals surface area contributed by atoms with E-state index in [0.717, 1.165) is 20.9 Å². The number of nitrogen functional groups attached to an aromatic ring is 1. The van der Waals surface area contributed by atoms with E-state index < -0.39 is 0 Å². The fraction of sp³-hybridized carbons (Fsp3) is 0.0714. The minimum absolute atomic E-state index is 0.0771. The summed E-state index contributed by atoms with van der Waals surface area (Å²) in [5, 5.41) is 8.33. The molecule has 0 spiro atoms. The molecule has 2 aromatic carbocycles. The molecule has 0 unspecified atom stereocenters. The topological polar surface area (TPSA) is 49.9 Å². The molecular formula is C14H13ClN2S. The maximum Gasteiger partial charge on any atom is 0.123 e. The summed E-state index contributed by atoms with van der Waals surface area (Å²) in [5.41, 5.74) is 7.45. The molecule has 0 amide bonds. The van der Waals surface area contributed by atoms with Crippen LogP contribution < -0.4 is 5.73 Å². The van der Waals surface area contributed by atoms with E-state index in [0.29, 0.717) is 5.02 Å². The van der Waals surface area contributed by atoms with E-state index in [1.54, 1.807) is 11.8 Å². The first-order chi connectivity index (χ1) is 8.59. The first-order valence-corrected chi connectivity index (χ1v) is 6.65. The van der Waals surface area contributed by atoms with Gasteiger partial charge in [-0.2, -0.15) is 0 Å². The van der Waals surface area contributed by atoms with Gasteiger partial charge in [0.25, 0.3) is 0 Å². The second kappa shape index (κ2) is 5.46. The molecule has 18 heavy (non-hydrogen) atoms. The van der Waals surface area contributed by atoms with Gasteiger partial charge >= 0.3 is 0 Å². The van der Waals surface area contributed by atoms with Crippen LogP contribution in [0.2, 0.25) is 5.02 Å². The molecule has 3 N–H and O–H groups in total. The Morgan fingerprint density at radius 2 is 1.89 bits per heavy atom. The van der Waals surface area contributed by atoms with Gasteiger partial charge in [-0.3, -0.25) is 5.41 Å². The van der Waals surface area contributed by atoms with Gasteiger partial charge in [-0.1, -0.05) is 53.7 Å². The summed E-state index contributed by atoms with van der Waals surface area (Å²) >= 11 is 7.70. The molecule has 0 saturated heterocycles. The summed E-state index contributed by atoms with van der Waals surface area (Å²) in [6.07, 6.45) is 0. The van der Waals surface area contributed by atoms with Crippen molar-refractivity contribution in [2.75, 3.05) is 0 Å². The van der Waals surface area contributed by atoms with Gasteiger partial charge in [-0.25, -0.2) is 0 Å². The van der Waals surface area contributed by atoms with Gasteiger partial charge in [0.1, 0.15) is 5.84 Å². The van der Waals surface area contributed by atoms with Crippen molar-refractivity contribution in [3.63, 3.8) is 0 Å². The van der Waals surface area contributed by atoms with E-state index in [1.807, 2.05) is 49.4 Å². The molecule has 0 heterocycles. The number of hydrogen-bond acceptors (Lipinski definition) is 2. The lowest BCUT2D eigenvalue weighted by atomic mass is 10.1. The number of nitrogens with one attached hydrogen (secondary N) is 1. The monoisotopic (exact) mass is 276 g/mol. The predicted molar refractivity (Wildman–Crippen MR) is 77.8 cm³/mol. The molecule has 0 aromatic heterocycles. The van der Waals surface area contributed by atoms with E-state index in [9.17, 15) is 0 Å². The zero-order valence-electron chi connectivity index (χ0n) is 9.91. The number of amidine groups is 1. The normalized spacial score (nSPS) is 10.3. The Morgan fingerprint density at radius 1 is 1.17 bits per heavy atom. The fourth-order valence-corrected chi connectivity index (χ4v) is 2.94. The van der Waals surface area contributed by atoms with E-state index >= 15 is 0 Å². The second-order valence-corrected chi connectivity index (χ2v) is 5.36. The highest BCUT2D eigenvalue weighted by Crippen LogP contribution is 2.36. The maximum atomic E-state index is 7.62. The van der Waals surface area contributed by atoms with Crippen LogP contribution in [0.3, 0.4) is 0 Å². The minimum Gasteiger partial charge on any atom is -0.384 e. The number of nitrogens with two attached hydrogens (primary N) is 1. The predicted octanol–water partition coefficient (Wildman–Crippen LogP) is 4.08. The number of rotatable bonds is 3. The lowest BCUT2D eigenvalue weighted by Gasteiger charge is -2.11. The van der Waals surface area contributed by atoms with Gasteiger partial charge in [0, 0.05) is 15.4 Å². The quantitative estimate of drug-likeness (QED) is 0.655. The standard InChI is InChI=1S/C14H13ClN2S/c1-9-5-4-6-10(14(16)17)13(9)18-12-8-3-2-7-11(12)15/h2-8H,1H3,(H3,16,17). The fourth-order valence-electron chi connectivity index (χ4n) is 1.64. The highest BCUT2D eigenvalue weighted by atomic mass is 35.5. The van der Waals surface area contributed by atoms with Crippen LogP contribution in [0.1, 0.15) is 11.1 Å². The van der Waals surface area contributed by atoms with Gasteiger partial charge in [-0.05, 0) is 24.6 Å². The van der Waals surface area contributed by atoms with Crippen LogP contribution in [0.25, 0.3) is 0 Å². The summed E-state index contributed by atoms with van der Waals surface area (Å²) in [4.78, 5) is 1.95. The number of hydrogen-bond donors (Lipinski definition) is 2. The molecule has 0 aliphatic carbocycles. The Morgan fingerprint density at radius 3 is 2.56 bits per heavy atom. The van der Waals surface area contributed by atoms with Crippen LogP contribution >= 0.6 is 23.4 Å². The van der Waals surface area contributed by atoms with Crippen LogP contribution in [-0.2, 0) is 0 Å². The van der Waals surface area contributed by atoms with Crippen LogP contribution in [-0.4, -0.2) is 5.84 Å². The number of benzene rings is 2. The Kier molecular flexibility index (Phi) is 3.94. The van der Waals surface area contributed by atoms with Crippen molar-refractivity contribution in [1.29, 1.82) is 5.41 Å². The Balaban J connectivity index is 2.46. The number of aryl methyl sites for hydroxylation is 1. The van der Waals surface area contributed by atoms with Crippen molar-refractivity contribution in [2.45, 2.75) is 16.7 Å². The third-order valence-corrected chi connectivity index (χ3v) is 4.31. The Hall–Kier alpha value is -1.45. The average molecular weight is 277 g/mol. The van der Waals surface area contributed by atoms with Crippen LogP contribution in [0.5, 0.6) is 0 Å². The lowest BCUT2D eigenvalue weighted by molar-refractivity contribution is 1.25. The van der Waals surface area contributed by atoms with Gasteiger partial charge in [0.2, 0.25) is 0 Å². The highest BCUT2D eigenvalue weighted by molar-refractivity contribution is 7.99. The van der Waals surface area contributed by atoms with Gasteiger partial charge in [0.05, 0.1) is 5.02 Å². The third kappa shape index (κ3) is 2.68. The van der Waals surface area contributed by atoms with Crippen molar-refractivity contribution in [3.8, 4) is 0 Å². The van der Waals surface area contributed by atoms with Crippen molar-refractivity contribution in [2.24, 2.45) is 5.73 Å². The largest absolute Gasteiger partial charge is 0.384 e. The maximum absolute atomic E-state index is 7.62. The summed E-state index contributed by atoms with van der Waals surface area (Å²) in [5.74, 6) is 0.0771. The molecule has 0 radical (unpaired) electrons. The van der Waals surface area contributed by atoms with Crippen molar-refractivity contribution >= 4 is 29.2 Å². The minimum atomic E-state index is 0.0771. The lowest BCUT2D eigenvalue weighted by Crippen LogP contribution is -2.12. The summed E-state index contributed by atoms with van der Waals surface area (Å²) in [6, 6.07) is 13.4. The first-order valence-electron chi connectivity index (χ1n) is 5.46. The smallest absolute Gasteiger partial charge is 0.123 e.